The van der Waals surface area contributed by atoms with Crippen molar-refractivity contribution in [1.29, 1.82) is 0 Å². The van der Waals surface area contributed by atoms with Crippen molar-refractivity contribution in [3.05, 3.63) is 0 Å². The van der Waals surface area contributed by atoms with E-state index in [4.69, 9.17) is 18.9 Å². The Balaban J connectivity index is 4.94. The summed E-state index contributed by atoms with van der Waals surface area (Å²) in [6.45, 7) is 25.4. The van der Waals surface area contributed by atoms with Crippen molar-refractivity contribution in [1.82, 2.24) is 4.90 Å². The van der Waals surface area contributed by atoms with Crippen molar-refractivity contribution in [2.45, 2.75) is 119 Å². The Morgan fingerprint density at radius 3 is 1.45 bits per heavy atom. The molecule has 0 saturated carbocycles. The highest BCUT2D eigenvalue weighted by Gasteiger charge is 2.20. The zero-order valence-electron chi connectivity index (χ0n) is 21.1. The van der Waals surface area contributed by atoms with Gasteiger partial charge >= 0.3 is 0 Å². The molecule has 0 amide bonds. The van der Waals surface area contributed by atoms with E-state index >= 15 is 0 Å². The van der Waals surface area contributed by atoms with Crippen molar-refractivity contribution in [3.63, 3.8) is 0 Å². The lowest BCUT2D eigenvalue weighted by Gasteiger charge is -2.31. The van der Waals surface area contributed by atoms with Crippen LogP contribution in [0.4, 0.5) is 0 Å². The van der Waals surface area contributed by atoms with E-state index in [-0.39, 0.29) is 36.6 Å². The fourth-order valence-corrected chi connectivity index (χ4v) is 3.04. The molecule has 29 heavy (non-hydrogen) atoms. The fraction of sp³-hybridized carbons (Fsp3) is 1.00. The minimum absolute atomic E-state index is 0.0842. The second-order valence-corrected chi connectivity index (χ2v) is 9.65. The molecule has 2 atom stereocenters. The quantitative estimate of drug-likeness (QED) is 0.308. The van der Waals surface area contributed by atoms with Gasteiger partial charge in [0.15, 0.2) is 0 Å². The summed E-state index contributed by atoms with van der Waals surface area (Å²) >= 11 is 0. The third-order valence-corrected chi connectivity index (χ3v) is 4.41. The smallest absolute Gasteiger partial charge is 0.0938 e. The summed E-state index contributed by atoms with van der Waals surface area (Å²) in [5.41, 5.74) is 0. The Morgan fingerprint density at radius 2 is 1.00 bits per heavy atom. The Kier molecular flexibility index (Phi) is 16.4. The van der Waals surface area contributed by atoms with Crippen molar-refractivity contribution in [3.8, 4) is 0 Å². The van der Waals surface area contributed by atoms with Crippen molar-refractivity contribution < 1.29 is 18.9 Å². The fourth-order valence-electron chi connectivity index (χ4n) is 3.04. The molecule has 0 aliphatic carbocycles. The predicted octanol–water partition coefficient (Wildman–Crippen LogP) is 5.16. The van der Waals surface area contributed by atoms with Gasteiger partial charge in [0.25, 0.3) is 0 Å². The molecule has 5 nitrogen and oxygen atoms in total. The van der Waals surface area contributed by atoms with E-state index in [2.05, 4.69) is 74.1 Å². The Bertz CT molecular complexity index is 372. The molecular formula is C24H51NO4. The van der Waals surface area contributed by atoms with Gasteiger partial charge in [-0.15, -0.1) is 0 Å². The molecule has 0 aliphatic heterocycles. The molecule has 0 N–H and O–H groups in total. The molecule has 0 aromatic heterocycles. The zero-order valence-corrected chi connectivity index (χ0v) is 21.1. The lowest BCUT2D eigenvalue weighted by molar-refractivity contribution is -0.0785. The minimum Gasteiger partial charge on any atom is -0.376 e. The van der Waals surface area contributed by atoms with Crippen LogP contribution in [-0.4, -0.2) is 74.4 Å². The summed E-state index contributed by atoms with van der Waals surface area (Å²) in [5, 5.41) is 0. The van der Waals surface area contributed by atoms with Crippen LogP contribution in [0.3, 0.4) is 0 Å². The molecule has 0 aliphatic rings. The van der Waals surface area contributed by atoms with Gasteiger partial charge in [0.2, 0.25) is 0 Å². The highest BCUT2D eigenvalue weighted by molar-refractivity contribution is 4.71. The number of nitrogens with zero attached hydrogens (tertiary/aromatic N) is 1. The molecule has 2 unspecified atom stereocenters. The molecular weight excluding hydrogens is 366 g/mol. The van der Waals surface area contributed by atoms with E-state index in [1.165, 1.54) is 6.42 Å². The second-order valence-electron chi connectivity index (χ2n) is 9.65. The van der Waals surface area contributed by atoms with Crippen LogP contribution in [0, 0.1) is 5.92 Å². The first-order valence-corrected chi connectivity index (χ1v) is 11.8. The number of ether oxygens (including phenoxy) is 4. The average Bonchev–Trinajstić information content (AvgIpc) is 2.58. The van der Waals surface area contributed by atoms with Crippen LogP contribution in [0.2, 0.25) is 0 Å². The largest absolute Gasteiger partial charge is 0.376 e. The summed E-state index contributed by atoms with van der Waals surface area (Å²) in [5.74, 6) is 0.681. The highest BCUT2D eigenvalue weighted by Crippen LogP contribution is 2.12. The first kappa shape index (κ1) is 28.8. The molecule has 0 aromatic rings. The third kappa shape index (κ3) is 18.3. The molecule has 0 rings (SSSR count). The maximum Gasteiger partial charge on any atom is 0.0938 e. The van der Waals surface area contributed by atoms with E-state index < -0.39 is 0 Å². The molecule has 0 saturated heterocycles. The molecule has 0 heterocycles. The van der Waals surface area contributed by atoms with Crippen LogP contribution >= 0.6 is 0 Å². The first-order valence-electron chi connectivity index (χ1n) is 11.8. The Hall–Kier alpha value is -0.200. The van der Waals surface area contributed by atoms with Crippen LogP contribution in [0.1, 0.15) is 82.1 Å². The third-order valence-electron chi connectivity index (χ3n) is 4.41. The summed E-state index contributed by atoms with van der Waals surface area (Å²) < 4.78 is 24.0. The summed E-state index contributed by atoms with van der Waals surface area (Å²) in [6.07, 6.45) is 3.18. The molecule has 0 spiro atoms. The van der Waals surface area contributed by atoms with E-state index in [0.717, 1.165) is 26.1 Å². The second kappa shape index (κ2) is 16.5. The Labute approximate surface area is 181 Å². The van der Waals surface area contributed by atoms with E-state index in [0.29, 0.717) is 19.1 Å². The van der Waals surface area contributed by atoms with Crippen LogP contribution < -0.4 is 0 Å². The Morgan fingerprint density at radius 1 is 0.552 bits per heavy atom. The number of hydrogen-bond acceptors (Lipinski definition) is 5. The van der Waals surface area contributed by atoms with E-state index in [1.54, 1.807) is 0 Å². The van der Waals surface area contributed by atoms with Gasteiger partial charge in [-0.3, -0.25) is 0 Å². The van der Waals surface area contributed by atoms with Gasteiger partial charge in [-0.1, -0.05) is 13.8 Å². The zero-order chi connectivity index (χ0) is 22.4. The normalized spacial score (nSPS) is 14.9. The molecule has 0 radical (unpaired) electrons. The minimum atomic E-state index is 0.0842. The van der Waals surface area contributed by atoms with Gasteiger partial charge in [-0.25, -0.2) is 0 Å². The summed E-state index contributed by atoms with van der Waals surface area (Å²) in [6, 6.07) is 0. The van der Waals surface area contributed by atoms with Crippen LogP contribution in [0.25, 0.3) is 0 Å². The molecule has 0 bridgehead atoms. The molecule has 176 valence electrons. The number of rotatable bonds is 18. The topological polar surface area (TPSA) is 40.2 Å². The van der Waals surface area contributed by atoms with E-state index in [1.807, 2.05) is 0 Å². The van der Waals surface area contributed by atoms with Gasteiger partial charge < -0.3 is 23.8 Å². The molecule has 0 aromatic carbocycles. The molecule has 0 fully saturated rings. The monoisotopic (exact) mass is 417 g/mol. The number of hydrogen-bond donors (Lipinski definition) is 0. The van der Waals surface area contributed by atoms with Crippen LogP contribution in [0.15, 0.2) is 0 Å². The van der Waals surface area contributed by atoms with Crippen molar-refractivity contribution in [2.24, 2.45) is 5.92 Å². The standard InChI is InChI=1S/C24H51NO4/c1-18(2)11-13-25(15-24(29-22(9)10)17-27-20(5)6)14-12-23(28-21(7)8)16-26-19(3)4/h18-24H,11-17H2,1-10H3. The highest BCUT2D eigenvalue weighted by atomic mass is 16.5. The summed E-state index contributed by atoms with van der Waals surface area (Å²) in [4.78, 5) is 2.52. The van der Waals surface area contributed by atoms with E-state index in [9.17, 15) is 0 Å². The maximum atomic E-state index is 6.17. The molecule has 5 heteroatoms. The maximum absolute atomic E-state index is 6.17. The van der Waals surface area contributed by atoms with Gasteiger partial charge in [-0.05, 0) is 80.7 Å². The lowest BCUT2D eigenvalue weighted by atomic mass is 10.1. The lowest BCUT2D eigenvalue weighted by Crippen LogP contribution is -2.41. The van der Waals surface area contributed by atoms with Gasteiger partial charge in [0, 0.05) is 13.1 Å². The van der Waals surface area contributed by atoms with Crippen LogP contribution in [0.5, 0.6) is 0 Å². The van der Waals surface area contributed by atoms with Crippen molar-refractivity contribution in [2.75, 3.05) is 32.8 Å². The predicted molar refractivity (Wildman–Crippen MR) is 123 cm³/mol. The van der Waals surface area contributed by atoms with Gasteiger partial charge in [0.1, 0.15) is 0 Å². The first-order chi connectivity index (χ1) is 13.5. The SMILES string of the molecule is CC(C)CCN(CCC(COC(C)C)OC(C)C)CC(COC(C)C)OC(C)C. The van der Waals surface area contributed by atoms with Crippen LogP contribution in [-0.2, 0) is 18.9 Å². The van der Waals surface area contributed by atoms with Gasteiger partial charge in [-0.2, -0.15) is 0 Å². The van der Waals surface area contributed by atoms with Crippen molar-refractivity contribution >= 4 is 0 Å². The summed E-state index contributed by atoms with van der Waals surface area (Å²) in [7, 11) is 0. The van der Waals surface area contributed by atoms with Gasteiger partial charge in [0.05, 0.1) is 49.8 Å². The average molecular weight is 418 g/mol.